The average Bonchev–Trinajstić information content (AvgIpc) is 3.63. The normalized spacial score (nSPS) is 14.6. The maximum atomic E-state index is 13.0. The van der Waals surface area contributed by atoms with Crippen LogP contribution in [0.4, 0.5) is 0 Å². The van der Waals surface area contributed by atoms with Gasteiger partial charge in [-0.15, -0.1) is 0 Å². The first-order valence-electron chi connectivity index (χ1n) is 10.3. The van der Waals surface area contributed by atoms with Gasteiger partial charge < -0.3 is 10.1 Å². The molecule has 0 aliphatic heterocycles. The second-order valence-electron chi connectivity index (χ2n) is 7.83. The maximum Gasteiger partial charge on any atom is 0.251 e. The molecule has 0 bridgehead atoms. The van der Waals surface area contributed by atoms with Crippen LogP contribution in [-0.2, 0) is 15.6 Å². The Morgan fingerprint density at radius 2 is 1.71 bits per heavy atom. The van der Waals surface area contributed by atoms with Crippen LogP contribution in [0.2, 0.25) is 0 Å². The van der Waals surface area contributed by atoms with Crippen LogP contribution in [-0.4, -0.2) is 21.4 Å². The van der Waals surface area contributed by atoms with Crippen molar-refractivity contribution in [3.63, 3.8) is 0 Å². The molecule has 0 spiro atoms. The van der Waals surface area contributed by atoms with Crippen molar-refractivity contribution < 1.29 is 17.9 Å². The number of methoxy groups -OCH3 is 1. The lowest BCUT2D eigenvalue weighted by molar-refractivity contribution is 0.0931. The van der Waals surface area contributed by atoms with Crippen LogP contribution in [0.5, 0.6) is 5.75 Å². The SMILES string of the molecule is COc1ccc(C(NC(=O)c2cccc(CS(=O)(=O)c3ccccc3)c2)C2CC2)cc1. The van der Waals surface area contributed by atoms with Crippen LogP contribution in [0.1, 0.15) is 40.4 Å². The highest BCUT2D eigenvalue weighted by molar-refractivity contribution is 7.90. The molecule has 160 valence electrons. The third-order valence-electron chi connectivity index (χ3n) is 5.50. The molecular formula is C25H25NO4S. The Labute approximate surface area is 183 Å². The van der Waals surface area contributed by atoms with Gasteiger partial charge in [0.2, 0.25) is 0 Å². The number of nitrogens with one attached hydrogen (secondary N) is 1. The standard InChI is InChI=1S/C25H25NO4S/c1-30-22-14-12-20(13-15-22)24(19-10-11-19)26-25(27)21-7-5-6-18(16-21)17-31(28,29)23-8-3-2-4-9-23/h2-9,12-16,19,24H,10-11,17H2,1H3,(H,26,27). The van der Waals surface area contributed by atoms with E-state index in [0.717, 1.165) is 24.2 Å². The third kappa shape index (κ3) is 5.14. The molecule has 1 fully saturated rings. The highest BCUT2D eigenvalue weighted by Crippen LogP contribution is 2.41. The molecule has 1 saturated carbocycles. The number of benzene rings is 3. The monoisotopic (exact) mass is 435 g/mol. The number of sulfone groups is 1. The number of carbonyl (C=O) groups is 1. The van der Waals surface area contributed by atoms with Gasteiger partial charge >= 0.3 is 0 Å². The molecule has 0 radical (unpaired) electrons. The van der Waals surface area contributed by atoms with Gasteiger partial charge in [0.1, 0.15) is 5.75 Å². The zero-order valence-corrected chi connectivity index (χ0v) is 18.1. The van der Waals surface area contributed by atoms with Gasteiger partial charge in [-0.1, -0.05) is 42.5 Å². The molecule has 1 atom stereocenters. The predicted molar refractivity (Wildman–Crippen MR) is 120 cm³/mol. The van der Waals surface area contributed by atoms with E-state index >= 15 is 0 Å². The Morgan fingerprint density at radius 3 is 2.35 bits per heavy atom. The van der Waals surface area contributed by atoms with E-state index in [4.69, 9.17) is 4.74 Å². The van der Waals surface area contributed by atoms with E-state index in [-0.39, 0.29) is 22.6 Å². The summed E-state index contributed by atoms with van der Waals surface area (Å²) < 4.78 is 30.6. The Balaban J connectivity index is 1.50. The number of hydrogen-bond acceptors (Lipinski definition) is 4. The molecule has 4 rings (SSSR count). The summed E-state index contributed by atoms with van der Waals surface area (Å²) in [6.07, 6.45) is 2.15. The Hall–Kier alpha value is -3.12. The molecule has 0 aromatic heterocycles. The van der Waals surface area contributed by atoms with Crippen LogP contribution in [0.3, 0.4) is 0 Å². The first-order valence-corrected chi connectivity index (χ1v) is 11.9. The summed E-state index contributed by atoms with van der Waals surface area (Å²) in [5, 5.41) is 3.14. The molecule has 3 aromatic rings. The van der Waals surface area contributed by atoms with Gasteiger partial charge in [0.05, 0.1) is 23.8 Å². The molecule has 31 heavy (non-hydrogen) atoms. The second kappa shape index (κ2) is 8.94. The lowest BCUT2D eigenvalue weighted by atomic mass is 10.0. The van der Waals surface area contributed by atoms with Crippen LogP contribution in [0.15, 0.2) is 83.8 Å². The van der Waals surface area contributed by atoms with E-state index in [9.17, 15) is 13.2 Å². The first-order chi connectivity index (χ1) is 15.0. The van der Waals surface area contributed by atoms with E-state index in [0.29, 0.717) is 17.0 Å². The van der Waals surface area contributed by atoms with Crippen LogP contribution < -0.4 is 10.1 Å². The number of hydrogen-bond donors (Lipinski definition) is 1. The zero-order valence-electron chi connectivity index (χ0n) is 17.3. The summed E-state index contributed by atoms with van der Waals surface area (Å²) in [7, 11) is -1.85. The van der Waals surface area contributed by atoms with Gasteiger partial charge in [0.25, 0.3) is 5.91 Å². The summed E-state index contributed by atoms with van der Waals surface area (Å²) in [6, 6.07) is 22.9. The fraction of sp³-hybridized carbons (Fsp3) is 0.240. The molecule has 1 amide bonds. The van der Waals surface area contributed by atoms with Crippen molar-refractivity contribution in [2.75, 3.05) is 7.11 Å². The van der Waals surface area contributed by atoms with E-state index in [2.05, 4.69) is 5.32 Å². The van der Waals surface area contributed by atoms with Crippen molar-refractivity contribution in [1.29, 1.82) is 0 Å². The fourth-order valence-electron chi connectivity index (χ4n) is 3.67. The van der Waals surface area contributed by atoms with Crippen LogP contribution >= 0.6 is 0 Å². The van der Waals surface area contributed by atoms with Crippen molar-refractivity contribution >= 4 is 15.7 Å². The minimum absolute atomic E-state index is 0.0740. The smallest absolute Gasteiger partial charge is 0.251 e. The summed E-state index contributed by atoms with van der Waals surface area (Å²) in [5.74, 6) is 0.838. The molecule has 1 aliphatic rings. The topological polar surface area (TPSA) is 72.5 Å². The van der Waals surface area contributed by atoms with Crippen molar-refractivity contribution in [2.45, 2.75) is 29.5 Å². The number of rotatable bonds is 8. The second-order valence-corrected chi connectivity index (χ2v) is 9.82. The third-order valence-corrected chi connectivity index (χ3v) is 7.21. The molecule has 3 aromatic carbocycles. The van der Waals surface area contributed by atoms with Gasteiger partial charge in [-0.05, 0) is 66.3 Å². The van der Waals surface area contributed by atoms with Crippen molar-refractivity contribution in [3.05, 3.63) is 95.6 Å². The van der Waals surface area contributed by atoms with E-state index in [1.807, 2.05) is 24.3 Å². The molecule has 1 N–H and O–H groups in total. The average molecular weight is 436 g/mol. The quantitative estimate of drug-likeness (QED) is 0.563. The molecule has 0 saturated heterocycles. The van der Waals surface area contributed by atoms with Crippen LogP contribution in [0.25, 0.3) is 0 Å². The summed E-state index contributed by atoms with van der Waals surface area (Å²) in [4.78, 5) is 13.3. The van der Waals surface area contributed by atoms with Crippen molar-refractivity contribution in [2.24, 2.45) is 5.92 Å². The summed E-state index contributed by atoms with van der Waals surface area (Å²) >= 11 is 0. The molecule has 1 unspecified atom stereocenters. The van der Waals surface area contributed by atoms with Gasteiger partial charge in [0.15, 0.2) is 9.84 Å². The number of carbonyl (C=O) groups excluding carboxylic acids is 1. The van der Waals surface area contributed by atoms with Gasteiger partial charge in [-0.25, -0.2) is 8.42 Å². The summed E-state index contributed by atoms with van der Waals surface area (Å²) in [5.41, 5.74) is 2.09. The largest absolute Gasteiger partial charge is 0.497 e. The molecule has 5 nitrogen and oxygen atoms in total. The van der Waals surface area contributed by atoms with E-state index in [1.165, 1.54) is 0 Å². The Kier molecular flexibility index (Phi) is 6.09. The lowest BCUT2D eigenvalue weighted by Gasteiger charge is -2.19. The van der Waals surface area contributed by atoms with E-state index < -0.39 is 9.84 Å². The molecule has 1 aliphatic carbocycles. The summed E-state index contributed by atoms with van der Waals surface area (Å²) in [6.45, 7) is 0. The number of amides is 1. The van der Waals surface area contributed by atoms with Gasteiger partial charge in [-0.3, -0.25) is 4.79 Å². The first kappa shape index (κ1) is 21.1. The minimum atomic E-state index is -3.48. The van der Waals surface area contributed by atoms with Gasteiger partial charge in [-0.2, -0.15) is 0 Å². The number of ether oxygens (including phenoxy) is 1. The lowest BCUT2D eigenvalue weighted by Crippen LogP contribution is -2.30. The Morgan fingerprint density at radius 1 is 1.00 bits per heavy atom. The van der Waals surface area contributed by atoms with E-state index in [1.54, 1.807) is 61.7 Å². The van der Waals surface area contributed by atoms with Gasteiger partial charge in [0, 0.05) is 5.56 Å². The van der Waals surface area contributed by atoms with Crippen molar-refractivity contribution in [3.8, 4) is 5.75 Å². The molecular weight excluding hydrogens is 410 g/mol. The Bertz CT molecular complexity index is 1150. The maximum absolute atomic E-state index is 13.0. The highest BCUT2D eigenvalue weighted by Gasteiger charge is 2.33. The zero-order chi connectivity index (χ0) is 21.8. The molecule has 0 heterocycles. The van der Waals surface area contributed by atoms with Crippen molar-refractivity contribution in [1.82, 2.24) is 5.32 Å². The highest BCUT2D eigenvalue weighted by atomic mass is 32.2. The predicted octanol–water partition coefficient (Wildman–Crippen LogP) is 4.55. The minimum Gasteiger partial charge on any atom is -0.497 e. The van der Waals surface area contributed by atoms with Crippen LogP contribution in [0, 0.1) is 5.92 Å². The fourth-order valence-corrected chi connectivity index (χ4v) is 5.03. The molecule has 6 heteroatoms.